The highest BCUT2D eigenvalue weighted by Crippen LogP contribution is 2.55. The summed E-state index contributed by atoms with van der Waals surface area (Å²) in [5.41, 5.74) is 20.2. The van der Waals surface area contributed by atoms with Crippen LogP contribution in [0.5, 0.6) is 0 Å². The minimum absolute atomic E-state index is 0.0877. The van der Waals surface area contributed by atoms with Crippen LogP contribution in [-0.2, 0) is 21.7 Å². The zero-order valence-corrected chi connectivity index (χ0v) is 38.4. The Labute approximate surface area is 367 Å². The van der Waals surface area contributed by atoms with Crippen molar-refractivity contribution in [3.63, 3.8) is 0 Å². The maximum atomic E-state index is 4.07. The first-order chi connectivity index (χ1) is 29.0. The number of allylic oxidation sites excluding steroid dienone is 8. The number of hydrogen-bond acceptors (Lipinski definition) is 2. The molecular formula is C59H64N2. The molecule has 1 aliphatic carbocycles. The minimum Gasteiger partial charge on any atom is -0.355 e. The lowest BCUT2D eigenvalue weighted by Crippen LogP contribution is -2.37. The second-order valence-electron chi connectivity index (χ2n) is 19.2. The Morgan fingerprint density at radius 3 is 1.85 bits per heavy atom. The third kappa shape index (κ3) is 7.74. The van der Waals surface area contributed by atoms with Crippen molar-refractivity contribution in [1.82, 2.24) is 0 Å². The van der Waals surface area contributed by atoms with E-state index in [1.54, 1.807) is 0 Å². The quantitative estimate of drug-likeness (QED) is 0.136. The normalized spacial score (nSPS) is 18.1. The zero-order valence-electron chi connectivity index (χ0n) is 38.4. The largest absolute Gasteiger partial charge is 0.355 e. The smallest absolute Gasteiger partial charge is 0.0502 e. The van der Waals surface area contributed by atoms with E-state index in [1.165, 1.54) is 84.0 Å². The zero-order chi connectivity index (χ0) is 43.9. The van der Waals surface area contributed by atoms with Crippen LogP contribution in [0.15, 0.2) is 176 Å². The SMILES string of the molecule is C=C/C=C\C(=C/C)N1C(=C/C)/C(=C\C=C)C(C)(C)c2cc(/C=C/c3ccc4c(c3)C(C)(C)c3cc5c(cc3-4)C(C)(C)c3ccccc3N5)ccc21.CC(C)(C)c1ccccc1. The average Bonchev–Trinajstić information content (AvgIpc) is 3.46. The molecule has 0 aromatic heterocycles. The molecule has 310 valence electrons. The third-order valence-electron chi connectivity index (χ3n) is 13.1. The van der Waals surface area contributed by atoms with E-state index < -0.39 is 0 Å². The van der Waals surface area contributed by atoms with Crippen molar-refractivity contribution in [1.29, 1.82) is 0 Å². The van der Waals surface area contributed by atoms with Crippen molar-refractivity contribution in [2.24, 2.45) is 0 Å². The molecule has 61 heavy (non-hydrogen) atoms. The second-order valence-corrected chi connectivity index (χ2v) is 19.2. The van der Waals surface area contributed by atoms with Gasteiger partial charge in [-0.15, -0.1) is 0 Å². The van der Waals surface area contributed by atoms with Gasteiger partial charge < -0.3 is 10.2 Å². The number of para-hydroxylation sites is 1. The fourth-order valence-corrected chi connectivity index (χ4v) is 9.59. The molecule has 5 aromatic rings. The summed E-state index contributed by atoms with van der Waals surface area (Å²) >= 11 is 0. The van der Waals surface area contributed by atoms with E-state index in [1.807, 2.05) is 18.2 Å². The molecule has 0 amide bonds. The van der Waals surface area contributed by atoms with Crippen LogP contribution >= 0.6 is 0 Å². The molecule has 0 unspecified atom stereocenters. The monoisotopic (exact) mass is 801 g/mol. The summed E-state index contributed by atoms with van der Waals surface area (Å²) in [6, 6.07) is 38.0. The summed E-state index contributed by atoms with van der Waals surface area (Å²) in [6.07, 6.45) is 18.9. The van der Waals surface area contributed by atoms with Gasteiger partial charge in [0.2, 0.25) is 0 Å². The van der Waals surface area contributed by atoms with Gasteiger partial charge in [-0.3, -0.25) is 0 Å². The van der Waals surface area contributed by atoms with E-state index in [4.69, 9.17) is 0 Å². The van der Waals surface area contributed by atoms with Gasteiger partial charge in [0.15, 0.2) is 0 Å². The van der Waals surface area contributed by atoms with Gasteiger partial charge in [-0.05, 0) is 117 Å². The lowest BCUT2D eigenvalue weighted by molar-refractivity contribution is 0.590. The Morgan fingerprint density at radius 1 is 0.607 bits per heavy atom. The molecule has 0 spiro atoms. The van der Waals surface area contributed by atoms with E-state index in [9.17, 15) is 0 Å². The first kappa shape index (κ1) is 43.0. The standard InChI is InChI=1S/C49H50N2.C10H14/c1-11-15-19-34(13-3)51-45(14-4)38(18-12-2)48(7,8)42-29-33(25-27-46(42)51)23-22-32-24-26-35-36-30-41-44(31-40(36)49(9,10)39(35)28-32)50-43-21-17-16-20-37(43)47(41,5)6;1-10(2,3)9-7-5-4-6-8-9/h11-31,50H,1-2H2,3-10H3;4-8H,1-3H3/b19-15-,23-22+,34-13+,38-18+,45-14+;. The molecule has 2 heterocycles. The molecule has 2 aliphatic heterocycles. The first-order valence-electron chi connectivity index (χ1n) is 21.8. The topological polar surface area (TPSA) is 15.3 Å². The van der Waals surface area contributed by atoms with Gasteiger partial charge in [0.05, 0.1) is 5.69 Å². The lowest BCUT2D eigenvalue weighted by atomic mass is 9.71. The molecule has 2 heteroatoms. The highest BCUT2D eigenvalue weighted by Gasteiger charge is 2.41. The molecule has 8 rings (SSSR count). The number of nitrogens with zero attached hydrogens (tertiary/aromatic N) is 1. The number of rotatable bonds is 6. The van der Waals surface area contributed by atoms with Gasteiger partial charge in [0.25, 0.3) is 0 Å². The Bertz CT molecular complexity index is 2660. The Balaban J connectivity index is 0.000000494. The first-order valence-corrected chi connectivity index (χ1v) is 21.8. The summed E-state index contributed by atoms with van der Waals surface area (Å²) in [5, 5.41) is 3.77. The second kappa shape index (κ2) is 16.4. The summed E-state index contributed by atoms with van der Waals surface area (Å²) < 4.78 is 0. The molecule has 2 nitrogen and oxygen atoms in total. The van der Waals surface area contributed by atoms with Crippen molar-refractivity contribution in [2.75, 3.05) is 10.2 Å². The highest BCUT2D eigenvalue weighted by molar-refractivity contribution is 5.88. The summed E-state index contributed by atoms with van der Waals surface area (Å²) in [6.45, 7) is 32.9. The lowest BCUT2D eigenvalue weighted by Gasteiger charge is -2.44. The van der Waals surface area contributed by atoms with Gasteiger partial charge in [0, 0.05) is 39.0 Å². The Kier molecular flexibility index (Phi) is 11.5. The van der Waals surface area contributed by atoms with Crippen LogP contribution in [-0.4, -0.2) is 0 Å². The average molecular weight is 801 g/mol. The predicted octanol–water partition coefficient (Wildman–Crippen LogP) is 16.3. The summed E-state index contributed by atoms with van der Waals surface area (Å²) in [7, 11) is 0. The number of fused-ring (bicyclic) bond motifs is 6. The Hall–Kier alpha value is -6.12. The molecule has 0 atom stereocenters. The highest BCUT2D eigenvalue weighted by atomic mass is 15.2. The van der Waals surface area contributed by atoms with Crippen LogP contribution in [0, 0.1) is 0 Å². The van der Waals surface area contributed by atoms with Crippen LogP contribution in [0.4, 0.5) is 17.1 Å². The minimum atomic E-state index is -0.222. The fraction of sp³-hybridized carbons (Fsp3) is 0.254. The number of hydrogen-bond donors (Lipinski definition) is 1. The third-order valence-corrected chi connectivity index (χ3v) is 13.1. The maximum absolute atomic E-state index is 4.07. The van der Waals surface area contributed by atoms with Crippen molar-refractivity contribution in [2.45, 2.75) is 97.8 Å². The van der Waals surface area contributed by atoms with Crippen LogP contribution in [0.1, 0.15) is 121 Å². The van der Waals surface area contributed by atoms with Crippen LogP contribution in [0.25, 0.3) is 23.3 Å². The van der Waals surface area contributed by atoms with E-state index in [0.29, 0.717) is 5.41 Å². The Morgan fingerprint density at radius 2 is 1.23 bits per heavy atom. The molecule has 1 N–H and O–H groups in total. The van der Waals surface area contributed by atoms with Crippen LogP contribution < -0.4 is 10.2 Å². The fourth-order valence-electron chi connectivity index (χ4n) is 9.59. The molecule has 5 aromatic carbocycles. The van der Waals surface area contributed by atoms with E-state index in [-0.39, 0.29) is 16.2 Å². The molecule has 0 saturated carbocycles. The number of benzene rings is 5. The van der Waals surface area contributed by atoms with Crippen molar-refractivity contribution in [3.05, 3.63) is 220 Å². The molecule has 0 bridgehead atoms. The molecule has 3 aliphatic rings. The van der Waals surface area contributed by atoms with Crippen molar-refractivity contribution >= 4 is 29.2 Å². The number of nitrogens with one attached hydrogen (secondary N) is 1. The molecule has 0 fully saturated rings. The van der Waals surface area contributed by atoms with Gasteiger partial charge in [0.1, 0.15) is 0 Å². The van der Waals surface area contributed by atoms with Crippen molar-refractivity contribution in [3.8, 4) is 11.1 Å². The summed E-state index contributed by atoms with van der Waals surface area (Å²) in [4.78, 5) is 2.36. The van der Waals surface area contributed by atoms with E-state index >= 15 is 0 Å². The van der Waals surface area contributed by atoms with Crippen LogP contribution in [0.2, 0.25) is 0 Å². The predicted molar refractivity (Wildman–Crippen MR) is 267 cm³/mol. The molecule has 0 radical (unpaired) electrons. The van der Waals surface area contributed by atoms with Crippen LogP contribution in [0.3, 0.4) is 0 Å². The molecule has 0 saturated heterocycles. The van der Waals surface area contributed by atoms with E-state index in [2.05, 4.69) is 239 Å². The number of anilines is 3. The maximum Gasteiger partial charge on any atom is 0.0502 e. The molecular weight excluding hydrogens is 737 g/mol. The van der Waals surface area contributed by atoms with Gasteiger partial charge >= 0.3 is 0 Å². The summed E-state index contributed by atoms with van der Waals surface area (Å²) in [5.74, 6) is 0. The van der Waals surface area contributed by atoms with Gasteiger partial charge in [-0.2, -0.15) is 0 Å². The van der Waals surface area contributed by atoms with Crippen molar-refractivity contribution < 1.29 is 0 Å². The van der Waals surface area contributed by atoms with Gasteiger partial charge in [-0.25, -0.2) is 0 Å². The van der Waals surface area contributed by atoms with Gasteiger partial charge in [-0.1, -0.05) is 197 Å². The van der Waals surface area contributed by atoms with E-state index in [0.717, 1.165) is 5.70 Å².